The van der Waals surface area contributed by atoms with E-state index >= 15 is 0 Å². The molecule has 0 unspecified atom stereocenters. The van der Waals surface area contributed by atoms with Gasteiger partial charge in [-0.25, -0.2) is 4.79 Å². The molecule has 30 heavy (non-hydrogen) atoms. The fourth-order valence-corrected chi connectivity index (χ4v) is 3.80. The lowest BCUT2D eigenvalue weighted by molar-refractivity contribution is 0.564. The number of hydrogen-bond donors (Lipinski definition) is 2. The molecule has 0 aliphatic carbocycles. The molecule has 0 aliphatic heterocycles. The van der Waals surface area contributed by atoms with Gasteiger partial charge in [0.2, 0.25) is 0 Å². The van der Waals surface area contributed by atoms with Crippen LogP contribution in [0.25, 0.3) is 21.7 Å². The van der Waals surface area contributed by atoms with Crippen LogP contribution < -0.4 is 21.2 Å². The van der Waals surface area contributed by atoms with Crippen molar-refractivity contribution in [1.29, 1.82) is 0 Å². The molecule has 5 nitrogen and oxygen atoms in total. The average molecular weight is 418 g/mol. The first-order valence-electron chi connectivity index (χ1n) is 9.97. The van der Waals surface area contributed by atoms with Crippen LogP contribution in [0.2, 0.25) is 0 Å². The maximum absolute atomic E-state index is 12.5. The molecule has 0 radical (unpaired) electrons. The van der Waals surface area contributed by atoms with Gasteiger partial charge in [-0.2, -0.15) is 0 Å². The molecule has 4 rings (SSSR count). The Labute approximate surface area is 180 Å². The summed E-state index contributed by atoms with van der Waals surface area (Å²) in [6.45, 7) is 5.97. The maximum atomic E-state index is 12.5. The van der Waals surface area contributed by atoms with Crippen LogP contribution in [-0.4, -0.2) is 18.2 Å². The topological polar surface area (TPSA) is 57.5 Å². The van der Waals surface area contributed by atoms with E-state index in [1.807, 2.05) is 60.7 Å². The minimum absolute atomic E-state index is 0.302. The number of anilines is 3. The molecule has 0 atom stereocenters. The first-order chi connectivity index (χ1) is 14.6. The zero-order valence-electron chi connectivity index (χ0n) is 16.9. The lowest BCUT2D eigenvalue weighted by Gasteiger charge is -2.21. The fourth-order valence-electron chi connectivity index (χ4n) is 3.58. The van der Waals surface area contributed by atoms with E-state index in [0.29, 0.717) is 16.4 Å². The third-order valence-electron chi connectivity index (χ3n) is 5.13. The summed E-state index contributed by atoms with van der Waals surface area (Å²) in [4.78, 5) is 14.7. The highest BCUT2D eigenvalue weighted by Gasteiger charge is 2.10. The highest BCUT2D eigenvalue weighted by atomic mass is 32.1. The van der Waals surface area contributed by atoms with Gasteiger partial charge in [0.15, 0.2) is 5.11 Å². The number of nitrogens with one attached hydrogen (secondary N) is 2. The Kier molecular flexibility index (Phi) is 5.68. The highest BCUT2D eigenvalue weighted by Crippen LogP contribution is 2.25. The number of hydrogen-bond acceptors (Lipinski definition) is 4. The predicted octanol–water partition coefficient (Wildman–Crippen LogP) is 5.60. The Hall–Kier alpha value is -3.38. The second-order valence-electron chi connectivity index (χ2n) is 6.95. The Morgan fingerprint density at radius 3 is 2.43 bits per heavy atom. The van der Waals surface area contributed by atoms with E-state index in [2.05, 4.69) is 29.4 Å². The number of benzene rings is 3. The molecule has 1 aromatic heterocycles. The molecule has 0 amide bonds. The number of thiocarbonyl (C=S) groups is 1. The standard InChI is InChI=1S/C24H23N3O2S/c1-3-27(4-2)18-13-12-17-14-21(23(28)29-22(17)15-18)26-24(30)25-20-11-7-9-16-8-5-6-10-19(16)20/h5-15H,3-4H2,1-2H3,(H2,25,26,30). The summed E-state index contributed by atoms with van der Waals surface area (Å²) in [5.74, 6) is 0. The van der Waals surface area contributed by atoms with Gasteiger partial charge >= 0.3 is 5.63 Å². The van der Waals surface area contributed by atoms with Crippen LogP contribution >= 0.6 is 12.2 Å². The molecule has 0 fully saturated rings. The van der Waals surface area contributed by atoms with Gasteiger partial charge in [0.1, 0.15) is 11.3 Å². The smallest absolute Gasteiger partial charge is 0.360 e. The van der Waals surface area contributed by atoms with Crippen molar-refractivity contribution in [3.8, 4) is 0 Å². The van der Waals surface area contributed by atoms with Gasteiger partial charge in [-0.15, -0.1) is 0 Å². The Balaban J connectivity index is 1.58. The maximum Gasteiger partial charge on any atom is 0.360 e. The molecule has 1 heterocycles. The van der Waals surface area contributed by atoms with Gasteiger partial charge in [0, 0.05) is 41.3 Å². The van der Waals surface area contributed by atoms with Crippen LogP contribution in [0.15, 0.2) is 75.9 Å². The summed E-state index contributed by atoms with van der Waals surface area (Å²) in [5, 5.41) is 9.49. The average Bonchev–Trinajstić information content (AvgIpc) is 2.75. The summed E-state index contributed by atoms with van der Waals surface area (Å²) in [6.07, 6.45) is 0. The van der Waals surface area contributed by atoms with E-state index < -0.39 is 5.63 Å². The Morgan fingerprint density at radius 1 is 0.900 bits per heavy atom. The highest BCUT2D eigenvalue weighted by molar-refractivity contribution is 7.80. The van der Waals surface area contributed by atoms with Crippen molar-refractivity contribution in [1.82, 2.24) is 0 Å². The first kappa shape index (κ1) is 19.9. The van der Waals surface area contributed by atoms with Crippen LogP contribution in [0, 0.1) is 0 Å². The third-order valence-corrected chi connectivity index (χ3v) is 5.34. The quantitative estimate of drug-likeness (QED) is 0.326. The van der Waals surface area contributed by atoms with E-state index in [9.17, 15) is 4.79 Å². The normalized spacial score (nSPS) is 10.9. The lowest BCUT2D eigenvalue weighted by atomic mass is 10.1. The molecule has 0 bridgehead atoms. The van der Waals surface area contributed by atoms with Crippen molar-refractivity contribution in [3.63, 3.8) is 0 Å². The van der Waals surface area contributed by atoms with Gasteiger partial charge in [-0.1, -0.05) is 36.4 Å². The summed E-state index contributed by atoms with van der Waals surface area (Å²) >= 11 is 5.44. The van der Waals surface area contributed by atoms with Crippen molar-refractivity contribution in [2.75, 3.05) is 28.6 Å². The molecule has 3 aromatic carbocycles. The molecular formula is C24H23N3O2S. The summed E-state index contributed by atoms with van der Waals surface area (Å²) < 4.78 is 5.56. The monoisotopic (exact) mass is 417 g/mol. The second kappa shape index (κ2) is 8.55. The molecule has 4 aromatic rings. The molecule has 0 saturated heterocycles. The lowest BCUT2D eigenvalue weighted by Crippen LogP contribution is -2.23. The number of rotatable bonds is 5. The van der Waals surface area contributed by atoms with E-state index in [-0.39, 0.29) is 0 Å². The van der Waals surface area contributed by atoms with Crippen LogP contribution in [-0.2, 0) is 0 Å². The van der Waals surface area contributed by atoms with Crippen LogP contribution in [0.1, 0.15) is 13.8 Å². The van der Waals surface area contributed by atoms with Gasteiger partial charge in [-0.05, 0) is 55.7 Å². The number of fused-ring (bicyclic) bond motifs is 2. The zero-order valence-corrected chi connectivity index (χ0v) is 17.8. The number of nitrogens with zero attached hydrogens (tertiary/aromatic N) is 1. The Morgan fingerprint density at radius 2 is 1.63 bits per heavy atom. The van der Waals surface area contributed by atoms with Crippen LogP contribution in [0.4, 0.5) is 17.1 Å². The van der Waals surface area contributed by atoms with Crippen molar-refractivity contribution in [2.45, 2.75) is 13.8 Å². The SMILES string of the molecule is CCN(CC)c1ccc2cc(NC(=S)Nc3cccc4ccccc34)c(=O)oc2c1. The minimum atomic E-state index is -0.457. The predicted molar refractivity (Wildman–Crippen MR) is 130 cm³/mol. The van der Waals surface area contributed by atoms with Gasteiger partial charge in [0.05, 0.1) is 0 Å². The molecule has 6 heteroatoms. The molecule has 0 spiro atoms. The second-order valence-corrected chi connectivity index (χ2v) is 7.36. The summed E-state index contributed by atoms with van der Waals surface area (Å²) in [6, 6.07) is 21.7. The van der Waals surface area contributed by atoms with Gasteiger partial charge in [0.25, 0.3) is 0 Å². The van der Waals surface area contributed by atoms with Gasteiger partial charge in [-0.3, -0.25) is 0 Å². The first-order valence-corrected chi connectivity index (χ1v) is 10.4. The molecule has 0 saturated carbocycles. The molecular weight excluding hydrogens is 394 g/mol. The van der Waals surface area contributed by atoms with E-state index in [4.69, 9.17) is 16.6 Å². The zero-order chi connectivity index (χ0) is 21.1. The molecule has 152 valence electrons. The molecule has 0 aliphatic rings. The van der Waals surface area contributed by atoms with Gasteiger partial charge < -0.3 is 20.0 Å². The Bertz CT molecular complexity index is 1270. The largest absolute Gasteiger partial charge is 0.421 e. The minimum Gasteiger partial charge on any atom is -0.421 e. The summed E-state index contributed by atoms with van der Waals surface area (Å²) in [5.41, 5.74) is 2.31. The van der Waals surface area contributed by atoms with E-state index in [1.165, 1.54) is 0 Å². The van der Waals surface area contributed by atoms with E-state index in [0.717, 1.165) is 40.6 Å². The van der Waals surface area contributed by atoms with Crippen LogP contribution in [0.3, 0.4) is 0 Å². The van der Waals surface area contributed by atoms with Crippen LogP contribution in [0.5, 0.6) is 0 Å². The summed E-state index contributed by atoms with van der Waals surface area (Å²) in [7, 11) is 0. The van der Waals surface area contributed by atoms with E-state index in [1.54, 1.807) is 6.07 Å². The van der Waals surface area contributed by atoms with Crippen molar-refractivity contribution in [3.05, 3.63) is 77.2 Å². The fraction of sp³-hybridized carbons (Fsp3) is 0.167. The van der Waals surface area contributed by atoms with Crippen molar-refractivity contribution >= 4 is 56.1 Å². The molecule has 2 N–H and O–H groups in total. The van der Waals surface area contributed by atoms with Crippen molar-refractivity contribution < 1.29 is 4.42 Å². The third kappa shape index (κ3) is 4.00. The van der Waals surface area contributed by atoms with Crippen molar-refractivity contribution in [2.24, 2.45) is 0 Å².